The summed E-state index contributed by atoms with van der Waals surface area (Å²) in [5.74, 6) is -2.17. The van der Waals surface area contributed by atoms with Crippen molar-refractivity contribution >= 4 is 64.3 Å². The summed E-state index contributed by atoms with van der Waals surface area (Å²) in [6, 6.07) is 0. The van der Waals surface area contributed by atoms with E-state index in [9.17, 15) is 0 Å². The van der Waals surface area contributed by atoms with Gasteiger partial charge in [-0.2, -0.15) is 0 Å². The second-order valence-corrected chi connectivity index (χ2v) is 0.983. The Kier molecular flexibility index (Phi) is 194. The molecule has 0 aromatic heterocycles. The van der Waals surface area contributed by atoms with Crippen molar-refractivity contribution in [2.45, 2.75) is 13.8 Å². The summed E-state index contributed by atoms with van der Waals surface area (Å²) >= 11 is 0. The molecule has 7 nitrogen and oxygen atoms in total. The van der Waals surface area contributed by atoms with Crippen LogP contribution in [-0.2, 0) is 53.3 Å². The molecule has 0 spiro atoms. The second kappa shape index (κ2) is 47.0. The third kappa shape index (κ3) is 929. The molecule has 0 amide bonds. The van der Waals surface area contributed by atoms with Crippen LogP contribution in [0.1, 0.15) is 13.8 Å². The van der Waals surface area contributed by atoms with Crippen LogP contribution in [0.15, 0.2) is 0 Å². The predicted octanol–water partition coefficient (Wildman–Crippen LogP) is -3.61. The van der Waals surface area contributed by atoms with E-state index in [0.29, 0.717) is 0 Å². The van der Waals surface area contributed by atoms with Gasteiger partial charge in [0.2, 0.25) is 0 Å². The minimum atomic E-state index is -1.08. The Morgan fingerprint density at radius 3 is 0.786 bits per heavy atom. The van der Waals surface area contributed by atoms with Gasteiger partial charge in [0.1, 0.15) is 0 Å². The summed E-state index contributed by atoms with van der Waals surface area (Å²) in [6.07, 6.45) is 0. The Hall–Kier alpha value is 1.51. The van der Waals surface area contributed by atoms with Gasteiger partial charge < -0.3 is 36.2 Å². The van der Waals surface area contributed by atoms with E-state index in [1.165, 1.54) is 0 Å². The van der Waals surface area contributed by atoms with Crippen LogP contribution in [0.4, 0.5) is 0 Å². The van der Waals surface area contributed by atoms with Crippen molar-refractivity contribution < 1.29 is 63.5 Å². The predicted molar refractivity (Wildman–Crippen MR) is 34.9 cm³/mol. The van der Waals surface area contributed by atoms with E-state index in [4.69, 9.17) is 19.8 Å². The van der Waals surface area contributed by atoms with Gasteiger partial charge in [0.05, 0.1) is 0 Å². The average molecular weight is 696 g/mol. The van der Waals surface area contributed by atoms with Gasteiger partial charge in [0.15, 0.2) is 0 Å². The first-order valence-electron chi connectivity index (χ1n) is 1.82. The molecule has 0 aliphatic heterocycles. The third-order valence-corrected chi connectivity index (χ3v) is 0. The zero-order valence-corrected chi connectivity index (χ0v) is 18.4. The quantitative estimate of drug-likeness (QED) is 0.239. The maximum absolute atomic E-state index is 8.89. The van der Waals surface area contributed by atoms with Crippen LogP contribution in [0.3, 0.4) is 0 Å². The number of carbonyl (C=O) groups is 2. The molecule has 0 aliphatic carbocycles. The summed E-state index contributed by atoms with van der Waals surface area (Å²) in [7, 11) is 0. The first-order valence-corrected chi connectivity index (χ1v) is 1.82. The summed E-state index contributed by atoms with van der Waals surface area (Å²) in [5, 5.41) is 17.8. The first kappa shape index (κ1) is 57.9. The number of rotatable bonds is 0. The van der Waals surface area contributed by atoms with Crippen LogP contribution in [0.5, 0.6) is 0 Å². The van der Waals surface area contributed by atoms with Crippen LogP contribution in [0, 0.1) is 0 Å². The summed E-state index contributed by atoms with van der Waals surface area (Å²) in [5.41, 5.74) is 0. The molecular formula is C4H6Bi2CdO7. The van der Waals surface area contributed by atoms with Crippen molar-refractivity contribution in [2.24, 2.45) is 0 Å². The maximum atomic E-state index is 8.89. The molecule has 10 heteroatoms. The van der Waals surface area contributed by atoms with E-state index in [1.54, 1.807) is 0 Å². The molecule has 0 N–H and O–H groups in total. The van der Waals surface area contributed by atoms with Gasteiger partial charge in [-0.05, 0) is 13.8 Å². The number of aliphatic carboxylic acids is 2. The molecular weight excluding hydrogens is 690 g/mol. The van der Waals surface area contributed by atoms with Crippen LogP contribution < -0.4 is 10.2 Å². The third-order valence-electron chi connectivity index (χ3n) is 0. The van der Waals surface area contributed by atoms with Gasteiger partial charge >= 0.3 is 79.7 Å². The SMILES string of the molecule is CC(=O)[O-].CC(=O)[O-].[Bi+3].[Bi+3].[Cd+2].[O-2].[O-2].[O-2]. The molecule has 0 saturated heterocycles. The fraction of sp³-hybridized carbons (Fsp3) is 0.500. The topological polar surface area (TPSA) is 166 Å². The minimum Gasteiger partial charge on any atom is -2.00 e. The molecule has 0 heterocycles. The van der Waals surface area contributed by atoms with Crippen molar-refractivity contribution in [3.8, 4) is 0 Å². The van der Waals surface area contributed by atoms with Gasteiger partial charge in [-0.3, -0.25) is 0 Å². The van der Waals surface area contributed by atoms with E-state index in [-0.39, 0.29) is 96.1 Å². The average Bonchev–Trinajstić information content (AvgIpc) is 1.25. The number of hydrogen-bond acceptors (Lipinski definition) is 4. The molecule has 0 aromatic carbocycles. The van der Waals surface area contributed by atoms with Crippen molar-refractivity contribution in [3.05, 3.63) is 0 Å². The molecule has 0 unspecified atom stereocenters. The van der Waals surface area contributed by atoms with Crippen molar-refractivity contribution in [2.75, 3.05) is 0 Å². The van der Waals surface area contributed by atoms with Crippen LogP contribution in [0.2, 0.25) is 0 Å². The Morgan fingerprint density at radius 1 is 0.786 bits per heavy atom. The number of carbonyl (C=O) groups excluding carboxylic acids is 2. The zero-order valence-electron chi connectivity index (χ0n) is 7.46. The summed E-state index contributed by atoms with van der Waals surface area (Å²) < 4.78 is 0. The van der Waals surface area contributed by atoms with Gasteiger partial charge in [-0.15, -0.1) is 0 Å². The zero-order chi connectivity index (χ0) is 7.15. The van der Waals surface area contributed by atoms with E-state index < -0.39 is 11.9 Å². The van der Waals surface area contributed by atoms with Crippen LogP contribution in [0.25, 0.3) is 0 Å². The molecule has 0 rings (SSSR count). The monoisotopic (exact) mass is 698 g/mol. The molecule has 4 radical (unpaired) electrons. The largest absolute Gasteiger partial charge is 3.00 e. The molecule has 76 valence electrons. The molecule has 0 bridgehead atoms. The fourth-order valence-corrected chi connectivity index (χ4v) is 0. The standard InChI is InChI=1S/2C2H4O2.2Bi.Cd.3O/c2*1-2(3)4;;;;;;/h2*1H3,(H,3,4);;;;;;/q;;2*+3;+2;3*-2/p-2. The molecule has 0 fully saturated rings. The number of carboxylic acid groups (broad SMARTS) is 2. The van der Waals surface area contributed by atoms with E-state index in [1.807, 2.05) is 0 Å². The second-order valence-electron chi connectivity index (χ2n) is 0.983. The normalized spacial score (nSPS) is 3.57. The van der Waals surface area contributed by atoms with Crippen molar-refractivity contribution in [1.29, 1.82) is 0 Å². The van der Waals surface area contributed by atoms with Crippen LogP contribution in [-0.4, -0.2) is 64.3 Å². The molecule has 0 saturated carbocycles. The van der Waals surface area contributed by atoms with Gasteiger partial charge in [-0.25, -0.2) is 0 Å². The Morgan fingerprint density at radius 2 is 0.786 bits per heavy atom. The minimum absolute atomic E-state index is 0. The maximum Gasteiger partial charge on any atom is 3.00 e. The van der Waals surface area contributed by atoms with Gasteiger partial charge in [0, 0.05) is 11.9 Å². The number of hydrogen-bond donors (Lipinski definition) is 0. The van der Waals surface area contributed by atoms with Crippen LogP contribution >= 0.6 is 0 Å². The van der Waals surface area contributed by atoms with E-state index >= 15 is 0 Å². The Balaban J connectivity index is -0.00000000600. The fourth-order valence-electron chi connectivity index (χ4n) is 0. The van der Waals surface area contributed by atoms with E-state index in [2.05, 4.69) is 0 Å². The smallest absolute Gasteiger partial charge is 2.00 e. The van der Waals surface area contributed by atoms with Crippen molar-refractivity contribution in [1.82, 2.24) is 0 Å². The molecule has 14 heavy (non-hydrogen) atoms. The van der Waals surface area contributed by atoms with Gasteiger partial charge in [-0.1, -0.05) is 0 Å². The first-order chi connectivity index (χ1) is 3.46. The van der Waals surface area contributed by atoms with Crippen molar-refractivity contribution in [3.63, 3.8) is 0 Å². The Labute approximate surface area is 140 Å². The van der Waals surface area contributed by atoms with Gasteiger partial charge in [0.25, 0.3) is 0 Å². The number of carboxylic acids is 2. The Bertz CT molecular complexity index is 81.7. The molecule has 0 aliphatic rings. The molecule has 0 atom stereocenters. The van der Waals surface area contributed by atoms with E-state index in [0.717, 1.165) is 13.8 Å². The summed E-state index contributed by atoms with van der Waals surface area (Å²) in [6.45, 7) is 1.94. The summed E-state index contributed by atoms with van der Waals surface area (Å²) in [4.78, 5) is 17.8. The molecule has 0 aromatic rings.